The number of aryl methyl sites for hydroxylation is 3. The Hall–Kier alpha value is -3.53. The molecule has 144 valence electrons. The third-order valence-electron chi connectivity index (χ3n) is 5.02. The summed E-state index contributed by atoms with van der Waals surface area (Å²) in [5.74, 6) is 0.356. The van der Waals surface area contributed by atoms with Gasteiger partial charge >= 0.3 is 0 Å². The summed E-state index contributed by atoms with van der Waals surface area (Å²) < 4.78 is 0. The first-order valence-electron chi connectivity index (χ1n) is 9.78. The molecule has 29 heavy (non-hydrogen) atoms. The van der Waals surface area contributed by atoms with Crippen molar-refractivity contribution in [3.8, 4) is 11.3 Å². The maximum atomic E-state index is 13.2. The molecule has 4 nitrogen and oxygen atoms in total. The van der Waals surface area contributed by atoms with Gasteiger partial charge in [-0.05, 0) is 61.7 Å². The summed E-state index contributed by atoms with van der Waals surface area (Å²) in [6.45, 7) is 6.12. The Morgan fingerprint density at radius 3 is 2.41 bits per heavy atom. The lowest BCUT2D eigenvalue weighted by atomic mass is 10.0. The quantitative estimate of drug-likeness (QED) is 0.491. The molecule has 2 aromatic heterocycles. The molecule has 1 N–H and O–H groups in total. The van der Waals surface area contributed by atoms with Crippen molar-refractivity contribution < 1.29 is 4.79 Å². The molecule has 0 spiro atoms. The number of nitrogens with one attached hydrogen (secondary N) is 1. The second-order valence-electron chi connectivity index (χ2n) is 7.30. The number of benzene rings is 2. The number of fused-ring (bicyclic) bond motifs is 1. The Bertz CT molecular complexity index is 1200. The molecule has 0 fully saturated rings. The van der Waals surface area contributed by atoms with Gasteiger partial charge in [-0.1, -0.05) is 42.8 Å². The summed E-state index contributed by atoms with van der Waals surface area (Å²) in [5.41, 5.74) is 6.57. The lowest BCUT2D eigenvalue weighted by Gasteiger charge is -2.11. The predicted octanol–water partition coefficient (Wildman–Crippen LogP) is 5.73. The number of hydrogen-bond donors (Lipinski definition) is 1. The molecular weight excluding hydrogens is 358 g/mol. The highest BCUT2D eigenvalue weighted by Gasteiger charge is 2.15. The normalized spacial score (nSPS) is 10.9. The van der Waals surface area contributed by atoms with E-state index in [2.05, 4.69) is 41.5 Å². The zero-order chi connectivity index (χ0) is 20.4. The van der Waals surface area contributed by atoms with Crippen molar-refractivity contribution in [2.24, 2.45) is 0 Å². The number of hydrogen-bond acceptors (Lipinski definition) is 3. The maximum Gasteiger partial charge on any atom is 0.257 e. The SMILES string of the molecule is CCc1ccc(-c2cc(C(=O)Nc3cc(C)ccn3)c3cc(C)ccc3n2)cc1. The van der Waals surface area contributed by atoms with E-state index in [9.17, 15) is 4.79 Å². The molecule has 0 saturated carbocycles. The highest BCUT2D eigenvalue weighted by Crippen LogP contribution is 2.27. The van der Waals surface area contributed by atoms with E-state index in [0.29, 0.717) is 11.4 Å². The van der Waals surface area contributed by atoms with Crippen LogP contribution in [0.25, 0.3) is 22.2 Å². The van der Waals surface area contributed by atoms with Crippen LogP contribution < -0.4 is 5.32 Å². The fraction of sp³-hybridized carbons (Fsp3) is 0.160. The average molecular weight is 381 g/mol. The number of carbonyl (C=O) groups excluding carboxylic acids is 1. The van der Waals surface area contributed by atoms with E-state index < -0.39 is 0 Å². The number of rotatable bonds is 4. The van der Waals surface area contributed by atoms with Crippen LogP contribution in [0.4, 0.5) is 5.82 Å². The first kappa shape index (κ1) is 18.8. The summed E-state index contributed by atoms with van der Waals surface area (Å²) in [4.78, 5) is 22.2. The van der Waals surface area contributed by atoms with Crippen LogP contribution in [0.2, 0.25) is 0 Å². The Morgan fingerprint density at radius 2 is 1.69 bits per heavy atom. The Morgan fingerprint density at radius 1 is 0.931 bits per heavy atom. The van der Waals surface area contributed by atoms with Crippen molar-refractivity contribution in [1.82, 2.24) is 9.97 Å². The molecule has 4 rings (SSSR count). The van der Waals surface area contributed by atoms with Gasteiger partial charge in [0.15, 0.2) is 0 Å². The number of aromatic nitrogens is 2. The van der Waals surface area contributed by atoms with Gasteiger partial charge in [0.25, 0.3) is 5.91 Å². The zero-order valence-corrected chi connectivity index (χ0v) is 16.9. The number of pyridine rings is 2. The number of carbonyl (C=O) groups is 1. The first-order valence-corrected chi connectivity index (χ1v) is 9.78. The lowest BCUT2D eigenvalue weighted by Crippen LogP contribution is -2.14. The van der Waals surface area contributed by atoms with Crippen LogP contribution in [-0.4, -0.2) is 15.9 Å². The highest BCUT2D eigenvalue weighted by molar-refractivity contribution is 6.13. The van der Waals surface area contributed by atoms with Crippen LogP contribution in [0.3, 0.4) is 0 Å². The lowest BCUT2D eigenvalue weighted by molar-refractivity contribution is 0.102. The van der Waals surface area contributed by atoms with Gasteiger partial charge in [-0.3, -0.25) is 4.79 Å². The van der Waals surface area contributed by atoms with Gasteiger partial charge in [-0.2, -0.15) is 0 Å². The van der Waals surface area contributed by atoms with Crippen molar-refractivity contribution in [3.05, 3.63) is 89.1 Å². The van der Waals surface area contributed by atoms with Crippen LogP contribution in [0.1, 0.15) is 34.0 Å². The minimum atomic E-state index is -0.187. The molecule has 1 amide bonds. The molecule has 0 aliphatic heterocycles. The largest absolute Gasteiger partial charge is 0.307 e. The van der Waals surface area contributed by atoms with Crippen LogP contribution in [0.15, 0.2) is 66.9 Å². The highest BCUT2D eigenvalue weighted by atomic mass is 16.1. The van der Waals surface area contributed by atoms with E-state index in [1.54, 1.807) is 6.20 Å². The van der Waals surface area contributed by atoms with Gasteiger partial charge in [0.2, 0.25) is 0 Å². The molecule has 4 heteroatoms. The molecule has 0 atom stereocenters. The van der Waals surface area contributed by atoms with E-state index in [1.165, 1.54) is 5.56 Å². The standard InChI is InChI=1S/C25H23N3O/c1-4-18-6-8-19(9-7-18)23-15-21(20-13-16(2)5-10-22(20)27-23)25(29)28-24-14-17(3)11-12-26-24/h5-15H,4H2,1-3H3,(H,26,28,29). The maximum absolute atomic E-state index is 13.2. The number of nitrogens with zero attached hydrogens (tertiary/aromatic N) is 2. The smallest absolute Gasteiger partial charge is 0.257 e. The third-order valence-corrected chi connectivity index (χ3v) is 5.02. The Kier molecular flexibility index (Phi) is 5.09. The minimum Gasteiger partial charge on any atom is -0.307 e. The third kappa shape index (κ3) is 4.02. The molecule has 0 saturated heterocycles. The zero-order valence-electron chi connectivity index (χ0n) is 16.9. The molecule has 2 heterocycles. The van der Waals surface area contributed by atoms with Crippen LogP contribution in [0, 0.1) is 13.8 Å². The summed E-state index contributed by atoms with van der Waals surface area (Å²) in [7, 11) is 0. The van der Waals surface area contributed by atoms with Crippen molar-refractivity contribution >= 4 is 22.6 Å². The van der Waals surface area contributed by atoms with E-state index in [1.807, 2.05) is 50.2 Å². The van der Waals surface area contributed by atoms with E-state index >= 15 is 0 Å². The number of amides is 1. The van der Waals surface area contributed by atoms with Gasteiger partial charge in [-0.15, -0.1) is 0 Å². The second-order valence-corrected chi connectivity index (χ2v) is 7.30. The molecule has 2 aromatic carbocycles. The molecule has 0 aliphatic carbocycles. The average Bonchev–Trinajstić information content (AvgIpc) is 2.73. The molecule has 0 aliphatic rings. The van der Waals surface area contributed by atoms with Crippen molar-refractivity contribution in [3.63, 3.8) is 0 Å². The fourth-order valence-electron chi connectivity index (χ4n) is 3.37. The summed E-state index contributed by atoms with van der Waals surface area (Å²) in [5, 5.41) is 3.77. The Labute approximate surface area is 170 Å². The topological polar surface area (TPSA) is 54.9 Å². The number of anilines is 1. The molecule has 0 radical (unpaired) electrons. The summed E-state index contributed by atoms with van der Waals surface area (Å²) in [6.07, 6.45) is 2.68. The predicted molar refractivity (Wildman–Crippen MR) is 118 cm³/mol. The molecule has 0 unspecified atom stereocenters. The fourth-order valence-corrected chi connectivity index (χ4v) is 3.37. The van der Waals surface area contributed by atoms with E-state index in [-0.39, 0.29) is 5.91 Å². The van der Waals surface area contributed by atoms with Gasteiger partial charge in [0.1, 0.15) is 5.82 Å². The van der Waals surface area contributed by atoms with Crippen molar-refractivity contribution in [1.29, 1.82) is 0 Å². The summed E-state index contributed by atoms with van der Waals surface area (Å²) in [6, 6.07) is 19.9. The van der Waals surface area contributed by atoms with Crippen molar-refractivity contribution in [2.45, 2.75) is 27.2 Å². The monoisotopic (exact) mass is 381 g/mol. The minimum absolute atomic E-state index is 0.187. The van der Waals surface area contributed by atoms with Gasteiger partial charge in [0, 0.05) is 17.1 Å². The summed E-state index contributed by atoms with van der Waals surface area (Å²) >= 11 is 0. The van der Waals surface area contributed by atoms with Crippen molar-refractivity contribution in [2.75, 3.05) is 5.32 Å². The Balaban J connectivity index is 1.81. The van der Waals surface area contributed by atoms with Gasteiger partial charge in [-0.25, -0.2) is 9.97 Å². The van der Waals surface area contributed by atoms with Gasteiger partial charge < -0.3 is 5.32 Å². The van der Waals surface area contributed by atoms with E-state index in [4.69, 9.17) is 4.98 Å². The van der Waals surface area contributed by atoms with Gasteiger partial charge in [0.05, 0.1) is 16.8 Å². The first-order chi connectivity index (χ1) is 14.0. The van der Waals surface area contributed by atoms with Crippen LogP contribution >= 0.6 is 0 Å². The van der Waals surface area contributed by atoms with Crippen LogP contribution in [0.5, 0.6) is 0 Å². The molecule has 4 aromatic rings. The second kappa shape index (κ2) is 7.84. The molecule has 0 bridgehead atoms. The molecular formula is C25H23N3O. The van der Waals surface area contributed by atoms with Crippen LogP contribution in [-0.2, 0) is 6.42 Å². The van der Waals surface area contributed by atoms with E-state index in [0.717, 1.165) is 39.7 Å².